The number of aryl methyl sites for hydroxylation is 1. The van der Waals surface area contributed by atoms with Crippen molar-refractivity contribution in [2.45, 2.75) is 26.3 Å². The van der Waals surface area contributed by atoms with Crippen molar-refractivity contribution in [3.05, 3.63) is 71.6 Å². The Morgan fingerprint density at radius 2 is 2.00 bits per heavy atom. The summed E-state index contributed by atoms with van der Waals surface area (Å²) in [6.07, 6.45) is 3.25. The van der Waals surface area contributed by atoms with Gasteiger partial charge in [0.05, 0.1) is 12.7 Å². The van der Waals surface area contributed by atoms with Gasteiger partial charge in [-0.15, -0.1) is 0 Å². The van der Waals surface area contributed by atoms with Gasteiger partial charge in [-0.2, -0.15) is 14.6 Å². The summed E-state index contributed by atoms with van der Waals surface area (Å²) in [5.74, 6) is 2.08. The Labute approximate surface area is 144 Å². The van der Waals surface area contributed by atoms with Crippen LogP contribution in [0.4, 0.5) is 5.82 Å². The number of rotatable bonds is 6. The summed E-state index contributed by atoms with van der Waals surface area (Å²) in [5, 5.41) is 11.6. The first-order valence-corrected chi connectivity index (χ1v) is 8.25. The summed E-state index contributed by atoms with van der Waals surface area (Å²) in [6, 6.07) is 14.0. The van der Waals surface area contributed by atoms with Crippen molar-refractivity contribution < 1.29 is 4.52 Å². The van der Waals surface area contributed by atoms with Crippen LogP contribution in [0.25, 0.3) is 5.65 Å². The second-order valence-electron chi connectivity index (χ2n) is 5.71. The summed E-state index contributed by atoms with van der Waals surface area (Å²) in [5.41, 5.74) is 2.98. The molecule has 25 heavy (non-hydrogen) atoms. The molecule has 0 fully saturated rings. The van der Waals surface area contributed by atoms with E-state index in [0.717, 1.165) is 29.1 Å². The molecule has 126 valence electrons. The highest BCUT2D eigenvalue weighted by Gasteiger charge is 2.09. The highest BCUT2D eigenvalue weighted by atomic mass is 16.5. The number of aromatic nitrogens is 5. The summed E-state index contributed by atoms with van der Waals surface area (Å²) in [6.45, 7) is 2.51. The van der Waals surface area contributed by atoms with Gasteiger partial charge >= 0.3 is 0 Å². The molecule has 7 heteroatoms. The Bertz CT molecular complexity index is 976. The molecule has 0 bridgehead atoms. The molecule has 7 nitrogen and oxygen atoms in total. The molecule has 3 heterocycles. The average molecular weight is 334 g/mol. The molecule has 3 aromatic heterocycles. The summed E-state index contributed by atoms with van der Waals surface area (Å²) >= 11 is 0. The van der Waals surface area contributed by atoms with Crippen molar-refractivity contribution in [3.63, 3.8) is 0 Å². The van der Waals surface area contributed by atoms with Gasteiger partial charge in [0.15, 0.2) is 11.5 Å². The fourth-order valence-electron chi connectivity index (χ4n) is 2.65. The van der Waals surface area contributed by atoms with Gasteiger partial charge in [-0.1, -0.05) is 42.4 Å². The Balaban J connectivity index is 1.48. The first-order chi connectivity index (χ1) is 12.3. The van der Waals surface area contributed by atoms with Gasteiger partial charge in [0.1, 0.15) is 5.82 Å². The predicted molar refractivity (Wildman–Crippen MR) is 93.2 cm³/mol. The minimum absolute atomic E-state index is 0.434. The molecule has 0 amide bonds. The van der Waals surface area contributed by atoms with E-state index in [9.17, 15) is 0 Å². The number of benzene rings is 1. The Hall–Kier alpha value is -3.22. The van der Waals surface area contributed by atoms with E-state index in [4.69, 9.17) is 4.52 Å². The second-order valence-corrected chi connectivity index (χ2v) is 5.71. The summed E-state index contributed by atoms with van der Waals surface area (Å²) in [7, 11) is 0. The third kappa shape index (κ3) is 3.35. The first kappa shape index (κ1) is 15.3. The predicted octanol–water partition coefficient (Wildman–Crippen LogP) is 2.88. The molecule has 0 atom stereocenters. The molecule has 0 saturated carbocycles. The molecule has 4 rings (SSSR count). The highest BCUT2D eigenvalue weighted by Crippen LogP contribution is 2.14. The van der Waals surface area contributed by atoms with Gasteiger partial charge in [0.25, 0.3) is 0 Å². The second kappa shape index (κ2) is 6.72. The molecule has 1 N–H and O–H groups in total. The van der Waals surface area contributed by atoms with E-state index in [1.54, 1.807) is 10.7 Å². The minimum atomic E-state index is 0.434. The van der Waals surface area contributed by atoms with Gasteiger partial charge in [-0.25, -0.2) is 4.98 Å². The van der Waals surface area contributed by atoms with E-state index in [0.29, 0.717) is 24.7 Å². The topological polar surface area (TPSA) is 81.1 Å². The van der Waals surface area contributed by atoms with Gasteiger partial charge in [-0.05, 0) is 12.0 Å². The number of nitrogens with zero attached hydrogens (tertiary/aromatic N) is 5. The monoisotopic (exact) mass is 334 g/mol. The van der Waals surface area contributed by atoms with E-state index >= 15 is 0 Å². The van der Waals surface area contributed by atoms with E-state index in [1.165, 1.54) is 0 Å². The molecule has 0 unspecified atom stereocenters. The van der Waals surface area contributed by atoms with Gasteiger partial charge in [-0.3, -0.25) is 0 Å². The molecule has 0 aliphatic carbocycles. The van der Waals surface area contributed by atoms with E-state index in [2.05, 4.69) is 32.5 Å². The zero-order valence-corrected chi connectivity index (χ0v) is 13.9. The lowest BCUT2D eigenvalue weighted by atomic mass is 10.1. The third-order valence-electron chi connectivity index (χ3n) is 3.91. The highest BCUT2D eigenvalue weighted by molar-refractivity contribution is 5.49. The van der Waals surface area contributed by atoms with Crippen LogP contribution in [0.5, 0.6) is 0 Å². The zero-order valence-electron chi connectivity index (χ0n) is 13.9. The first-order valence-electron chi connectivity index (χ1n) is 8.25. The van der Waals surface area contributed by atoms with Crippen LogP contribution in [0, 0.1) is 0 Å². The number of hydrogen-bond acceptors (Lipinski definition) is 6. The van der Waals surface area contributed by atoms with E-state index in [-0.39, 0.29) is 0 Å². The number of nitrogens with one attached hydrogen (secondary N) is 1. The van der Waals surface area contributed by atoms with Crippen LogP contribution in [-0.4, -0.2) is 24.7 Å². The Morgan fingerprint density at radius 3 is 2.84 bits per heavy atom. The van der Waals surface area contributed by atoms with Gasteiger partial charge < -0.3 is 9.84 Å². The van der Waals surface area contributed by atoms with Crippen LogP contribution in [0.1, 0.15) is 29.9 Å². The average Bonchev–Trinajstić information content (AvgIpc) is 3.29. The van der Waals surface area contributed by atoms with Gasteiger partial charge in [0.2, 0.25) is 5.89 Å². The summed E-state index contributed by atoms with van der Waals surface area (Å²) in [4.78, 5) is 8.97. The van der Waals surface area contributed by atoms with Crippen LogP contribution in [0.3, 0.4) is 0 Å². The largest absolute Gasteiger partial charge is 0.361 e. The number of anilines is 1. The van der Waals surface area contributed by atoms with Crippen LogP contribution in [0.2, 0.25) is 0 Å². The Morgan fingerprint density at radius 1 is 1.12 bits per heavy atom. The minimum Gasteiger partial charge on any atom is -0.361 e. The maximum absolute atomic E-state index is 5.34. The van der Waals surface area contributed by atoms with E-state index in [1.807, 2.05) is 42.5 Å². The maximum Gasteiger partial charge on any atom is 0.245 e. The SMILES string of the molecule is CCc1cc(NCc2nc(Cc3ccccc3)no2)n2nccc2n1. The molecule has 0 aliphatic rings. The zero-order chi connectivity index (χ0) is 17.1. The normalized spacial score (nSPS) is 11.1. The molecular weight excluding hydrogens is 316 g/mol. The molecule has 4 aromatic rings. The molecule has 0 radical (unpaired) electrons. The molecule has 0 saturated heterocycles. The number of fused-ring (bicyclic) bond motifs is 1. The fraction of sp³-hybridized carbons (Fsp3) is 0.222. The van der Waals surface area contributed by atoms with Crippen LogP contribution in [0.15, 0.2) is 53.2 Å². The van der Waals surface area contributed by atoms with Crippen LogP contribution < -0.4 is 5.32 Å². The lowest BCUT2D eigenvalue weighted by Gasteiger charge is -2.08. The Kier molecular flexibility index (Phi) is 4.12. The smallest absolute Gasteiger partial charge is 0.245 e. The third-order valence-corrected chi connectivity index (χ3v) is 3.91. The molecule has 0 spiro atoms. The van der Waals surface area contributed by atoms with E-state index < -0.39 is 0 Å². The van der Waals surface area contributed by atoms with Crippen molar-refractivity contribution in [2.24, 2.45) is 0 Å². The number of hydrogen-bond donors (Lipinski definition) is 1. The van der Waals surface area contributed by atoms with Crippen molar-refractivity contribution >= 4 is 11.5 Å². The summed E-state index contributed by atoms with van der Waals surface area (Å²) < 4.78 is 7.10. The van der Waals surface area contributed by atoms with Crippen molar-refractivity contribution in [3.8, 4) is 0 Å². The molecule has 1 aromatic carbocycles. The molecular formula is C18H18N6O. The van der Waals surface area contributed by atoms with Crippen molar-refractivity contribution in [1.29, 1.82) is 0 Å². The molecule has 0 aliphatic heterocycles. The van der Waals surface area contributed by atoms with Crippen molar-refractivity contribution in [2.75, 3.05) is 5.32 Å². The van der Waals surface area contributed by atoms with Gasteiger partial charge in [0, 0.05) is 24.2 Å². The fourth-order valence-corrected chi connectivity index (χ4v) is 2.65. The lowest BCUT2D eigenvalue weighted by Crippen LogP contribution is -2.07. The standard InChI is InChI=1S/C18H18N6O/c1-2-14-11-17(24-16(21-14)8-9-20-24)19-12-18-22-15(23-25-18)10-13-6-4-3-5-7-13/h3-9,11,19H,2,10,12H2,1H3. The van der Waals surface area contributed by atoms with Crippen molar-refractivity contribution in [1.82, 2.24) is 24.7 Å². The quantitative estimate of drug-likeness (QED) is 0.584. The van der Waals surface area contributed by atoms with Crippen LogP contribution in [-0.2, 0) is 19.4 Å². The van der Waals surface area contributed by atoms with Crippen LogP contribution >= 0.6 is 0 Å². The maximum atomic E-state index is 5.34. The lowest BCUT2D eigenvalue weighted by molar-refractivity contribution is 0.378.